The van der Waals surface area contributed by atoms with Gasteiger partial charge < -0.3 is 29.2 Å². The third-order valence-corrected chi connectivity index (χ3v) is 8.34. The van der Waals surface area contributed by atoms with E-state index in [0.717, 1.165) is 29.7 Å². The van der Waals surface area contributed by atoms with E-state index in [1.165, 1.54) is 24.3 Å². The molecule has 0 N–H and O–H groups in total. The maximum Gasteiger partial charge on any atom is 0.410 e. The predicted octanol–water partition coefficient (Wildman–Crippen LogP) is 5.12. The summed E-state index contributed by atoms with van der Waals surface area (Å²) in [6.07, 6.45) is 3.51. The number of rotatable bonds is 10. The molecule has 43 heavy (non-hydrogen) atoms. The van der Waals surface area contributed by atoms with E-state index in [4.69, 9.17) is 25.8 Å². The van der Waals surface area contributed by atoms with E-state index in [-0.39, 0.29) is 43.0 Å². The molecule has 2 aliphatic rings. The third kappa shape index (κ3) is 7.56. The summed E-state index contributed by atoms with van der Waals surface area (Å²) in [5.74, 6) is -3.37. The van der Waals surface area contributed by atoms with Crippen LogP contribution < -0.4 is 4.73 Å². The zero-order valence-corrected chi connectivity index (χ0v) is 26.1. The molecule has 2 heterocycles. The Bertz CT molecular complexity index is 1340. The van der Waals surface area contributed by atoms with E-state index in [0.29, 0.717) is 36.3 Å². The molecule has 1 aliphatic heterocycles. The maximum atomic E-state index is 14.6. The second kappa shape index (κ2) is 13.3. The highest BCUT2D eigenvalue weighted by molar-refractivity contribution is 6.31. The van der Waals surface area contributed by atoms with Crippen molar-refractivity contribution in [2.75, 3.05) is 33.9 Å². The average molecular weight is 624 g/mol. The smallest absolute Gasteiger partial charge is 0.410 e. The van der Waals surface area contributed by atoms with Crippen LogP contribution in [0.4, 0.5) is 13.6 Å². The second-order valence-corrected chi connectivity index (χ2v) is 12.6. The summed E-state index contributed by atoms with van der Waals surface area (Å²) in [6, 6.07) is 5.10. The highest BCUT2D eigenvalue weighted by Gasteiger charge is 2.52. The van der Waals surface area contributed by atoms with Crippen LogP contribution in [0, 0.1) is 22.8 Å². The van der Waals surface area contributed by atoms with Gasteiger partial charge in [0, 0.05) is 64.6 Å². The summed E-state index contributed by atoms with van der Waals surface area (Å²) < 4.78 is 45.9. The first-order valence-electron chi connectivity index (χ1n) is 14.5. The Hall–Kier alpha value is -3.02. The molecule has 0 spiro atoms. The van der Waals surface area contributed by atoms with E-state index in [1.54, 1.807) is 38.8 Å². The van der Waals surface area contributed by atoms with Crippen molar-refractivity contribution < 1.29 is 37.3 Å². The Kier molecular flexibility index (Phi) is 10.2. The number of hydrogen-bond acceptors (Lipinski definition) is 6. The number of halogens is 3. The van der Waals surface area contributed by atoms with E-state index in [1.807, 2.05) is 0 Å². The van der Waals surface area contributed by atoms with Crippen molar-refractivity contribution in [3.8, 4) is 0 Å². The van der Waals surface area contributed by atoms with E-state index in [2.05, 4.69) is 0 Å². The molecule has 0 bridgehead atoms. The van der Waals surface area contributed by atoms with Crippen molar-refractivity contribution in [2.45, 2.75) is 76.7 Å². The number of carbonyl (C=O) groups is 2. The minimum Gasteiger partial charge on any atom is -0.618 e. The number of ether oxygens (including phenoxy) is 3. The molecule has 1 aromatic carbocycles. The van der Waals surface area contributed by atoms with Crippen molar-refractivity contribution in [3.63, 3.8) is 0 Å². The summed E-state index contributed by atoms with van der Waals surface area (Å²) >= 11 is 6.51. The lowest BCUT2D eigenvalue weighted by Crippen LogP contribution is -2.58. The van der Waals surface area contributed by atoms with Crippen LogP contribution in [-0.4, -0.2) is 67.4 Å². The molecule has 12 heteroatoms. The Morgan fingerprint density at radius 3 is 2.51 bits per heavy atom. The van der Waals surface area contributed by atoms with Gasteiger partial charge in [0.1, 0.15) is 16.2 Å². The standard InChI is InChI=1S/C31H40ClF2N3O6/c1-30(2,3)43-29(39)35-13-12-31(42-5,21-8-11-26(33)27(34)16-21)24(18-35)28(38)36(22-9-10-22)17-20-15-23(7-6-14-41-4)37(40)19-25(20)32/h8,11,15-16,19,22,24H,6-7,9-10,12-14,17-18H2,1-5H3/t24-,31+/m1/s1. The van der Waals surface area contributed by atoms with Crippen LogP contribution >= 0.6 is 11.6 Å². The number of aromatic nitrogens is 1. The molecule has 0 radical (unpaired) electrons. The van der Waals surface area contributed by atoms with Crippen LogP contribution in [0.1, 0.15) is 63.3 Å². The molecule has 2 amide bonds. The number of pyridine rings is 1. The highest BCUT2D eigenvalue weighted by atomic mass is 35.5. The number of carbonyl (C=O) groups excluding carboxylic acids is 2. The van der Waals surface area contributed by atoms with Crippen LogP contribution in [-0.2, 0) is 37.6 Å². The minimum absolute atomic E-state index is 0.0604. The molecule has 9 nitrogen and oxygen atoms in total. The molecule has 4 rings (SSSR count). The molecular weight excluding hydrogens is 584 g/mol. The van der Waals surface area contributed by atoms with Gasteiger partial charge in [-0.15, -0.1) is 0 Å². The number of amides is 2. The zero-order chi connectivity index (χ0) is 31.5. The summed E-state index contributed by atoms with van der Waals surface area (Å²) in [5.41, 5.74) is -0.687. The molecule has 2 atom stereocenters. The van der Waals surface area contributed by atoms with Gasteiger partial charge in [0.25, 0.3) is 0 Å². The maximum absolute atomic E-state index is 14.6. The number of piperidine rings is 1. The van der Waals surface area contributed by atoms with E-state index in [9.17, 15) is 23.6 Å². The van der Waals surface area contributed by atoms with Crippen LogP contribution in [0.3, 0.4) is 0 Å². The monoisotopic (exact) mass is 623 g/mol. The van der Waals surface area contributed by atoms with Gasteiger partial charge in [0.2, 0.25) is 5.91 Å². The number of likely N-dealkylation sites (tertiary alicyclic amines) is 1. The summed E-state index contributed by atoms with van der Waals surface area (Å²) in [7, 11) is 3.02. The summed E-state index contributed by atoms with van der Waals surface area (Å²) in [6.45, 7) is 6.00. The largest absolute Gasteiger partial charge is 0.618 e. The van der Waals surface area contributed by atoms with Crippen molar-refractivity contribution in [2.24, 2.45) is 5.92 Å². The molecule has 1 saturated heterocycles. The van der Waals surface area contributed by atoms with Crippen LogP contribution in [0.5, 0.6) is 0 Å². The number of aryl methyl sites for hydroxylation is 1. The van der Waals surface area contributed by atoms with Gasteiger partial charge >= 0.3 is 6.09 Å². The third-order valence-electron chi connectivity index (χ3n) is 8.00. The Labute approximate surface area is 256 Å². The molecule has 236 valence electrons. The Balaban J connectivity index is 1.71. The van der Waals surface area contributed by atoms with Gasteiger partial charge in [-0.25, -0.2) is 13.6 Å². The quantitative estimate of drug-likeness (QED) is 0.207. The lowest BCUT2D eigenvalue weighted by molar-refractivity contribution is -0.614. The molecule has 1 aromatic heterocycles. The van der Waals surface area contributed by atoms with Gasteiger partial charge in [-0.1, -0.05) is 17.7 Å². The lowest BCUT2D eigenvalue weighted by Gasteiger charge is -2.47. The SMILES string of the molecule is COCCCc1cc(CN(C(=O)[C@H]2CN(C(=O)OC(C)(C)C)CC[C@]2(OC)c2ccc(F)c(F)c2)C2CC2)c(Cl)c[n+]1[O-]. The molecule has 1 saturated carbocycles. The molecule has 0 unspecified atom stereocenters. The fourth-order valence-corrected chi connectivity index (χ4v) is 5.83. The molecule has 2 aromatic rings. The number of nitrogens with zero attached hydrogens (tertiary/aromatic N) is 3. The lowest BCUT2D eigenvalue weighted by atomic mass is 9.74. The Morgan fingerprint density at radius 2 is 1.91 bits per heavy atom. The van der Waals surface area contributed by atoms with Crippen LogP contribution in [0.2, 0.25) is 5.02 Å². The zero-order valence-electron chi connectivity index (χ0n) is 25.3. The minimum atomic E-state index is -1.35. The fourth-order valence-electron chi connectivity index (χ4n) is 5.63. The first-order valence-corrected chi connectivity index (χ1v) is 14.9. The van der Waals surface area contributed by atoms with Gasteiger partial charge in [0.05, 0.1) is 5.92 Å². The van der Waals surface area contributed by atoms with Crippen molar-refractivity contribution in [3.05, 3.63) is 69.1 Å². The van der Waals surface area contributed by atoms with Gasteiger partial charge in [-0.05, 0) is 64.2 Å². The molecule has 2 fully saturated rings. The number of benzene rings is 1. The van der Waals surface area contributed by atoms with Crippen molar-refractivity contribution in [1.29, 1.82) is 0 Å². The average Bonchev–Trinajstić information content (AvgIpc) is 3.79. The second-order valence-electron chi connectivity index (χ2n) is 12.2. The predicted molar refractivity (Wildman–Crippen MR) is 155 cm³/mol. The van der Waals surface area contributed by atoms with Gasteiger partial charge in [-0.2, -0.15) is 4.73 Å². The van der Waals surface area contributed by atoms with Crippen LogP contribution in [0.15, 0.2) is 30.5 Å². The first-order chi connectivity index (χ1) is 20.3. The normalized spacial score (nSPS) is 20.7. The summed E-state index contributed by atoms with van der Waals surface area (Å²) in [4.78, 5) is 30.9. The van der Waals surface area contributed by atoms with Crippen LogP contribution in [0.25, 0.3) is 0 Å². The van der Waals surface area contributed by atoms with Gasteiger partial charge in [-0.3, -0.25) is 4.79 Å². The van der Waals surface area contributed by atoms with E-state index < -0.39 is 34.8 Å². The topological polar surface area (TPSA) is 95.2 Å². The number of hydrogen-bond donors (Lipinski definition) is 0. The molecular formula is C31H40ClF2N3O6. The van der Waals surface area contributed by atoms with E-state index >= 15 is 0 Å². The fraction of sp³-hybridized carbons (Fsp3) is 0.581. The van der Waals surface area contributed by atoms with Crippen molar-refractivity contribution in [1.82, 2.24) is 9.80 Å². The highest BCUT2D eigenvalue weighted by Crippen LogP contribution is 2.44. The molecule has 1 aliphatic carbocycles. The number of methoxy groups -OCH3 is 2. The van der Waals surface area contributed by atoms with Gasteiger partial charge in [0.15, 0.2) is 23.5 Å². The summed E-state index contributed by atoms with van der Waals surface area (Å²) in [5, 5.41) is 12.7. The van der Waals surface area contributed by atoms with Crippen molar-refractivity contribution >= 4 is 23.6 Å². The Morgan fingerprint density at radius 1 is 1.19 bits per heavy atom. The first kappa shape index (κ1) is 32.9.